The smallest absolute Gasteiger partial charge is 0.269 e. The van der Waals surface area contributed by atoms with Crippen molar-refractivity contribution >= 4 is 16.6 Å². The molecule has 0 aliphatic carbocycles. The summed E-state index contributed by atoms with van der Waals surface area (Å²) >= 11 is 0. The van der Waals surface area contributed by atoms with Gasteiger partial charge in [-0.2, -0.15) is 0 Å². The minimum Gasteiger partial charge on any atom is -0.315 e. The molecule has 0 aliphatic rings. The third-order valence-corrected chi connectivity index (χ3v) is 3.97. The fourth-order valence-electron chi connectivity index (χ4n) is 2.79. The second-order valence-corrected chi connectivity index (χ2v) is 7.23. The average molecular weight is 354 g/mol. The molecule has 136 valence electrons. The molecule has 1 aromatic heterocycles. The monoisotopic (exact) mass is 354 g/mol. The predicted molar refractivity (Wildman–Crippen MR) is 99.8 cm³/mol. The van der Waals surface area contributed by atoms with E-state index in [1.807, 2.05) is 56.7 Å². The van der Waals surface area contributed by atoms with Crippen LogP contribution >= 0.6 is 0 Å². The number of aromatic nitrogens is 1. The number of para-hydroxylation sites is 1. The molecule has 0 bridgehead atoms. The van der Waals surface area contributed by atoms with E-state index in [-0.39, 0.29) is 5.69 Å². The summed E-state index contributed by atoms with van der Waals surface area (Å²) in [4.78, 5) is 21.9. The van der Waals surface area contributed by atoms with E-state index in [9.17, 15) is 10.1 Å². The van der Waals surface area contributed by atoms with Crippen molar-refractivity contribution in [1.82, 2.24) is 4.57 Å². The van der Waals surface area contributed by atoms with Gasteiger partial charge in [0, 0.05) is 29.3 Å². The van der Waals surface area contributed by atoms with E-state index in [4.69, 9.17) is 9.78 Å². The van der Waals surface area contributed by atoms with Crippen molar-refractivity contribution < 1.29 is 14.7 Å². The number of hydrogen-bond acceptors (Lipinski definition) is 4. The van der Waals surface area contributed by atoms with E-state index in [2.05, 4.69) is 6.07 Å². The Balaban J connectivity index is 2.06. The number of nitrogens with zero attached hydrogens (tertiary/aromatic N) is 2. The molecule has 0 fully saturated rings. The molecule has 1 heterocycles. The van der Waals surface area contributed by atoms with Gasteiger partial charge in [0.05, 0.1) is 16.0 Å². The van der Waals surface area contributed by atoms with Crippen LogP contribution < -0.4 is 0 Å². The summed E-state index contributed by atoms with van der Waals surface area (Å²) in [6, 6.07) is 14.4. The van der Waals surface area contributed by atoms with Gasteiger partial charge >= 0.3 is 0 Å². The third kappa shape index (κ3) is 3.76. The van der Waals surface area contributed by atoms with E-state index < -0.39 is 16.8 Å². The Bertz CT molecular complexity index is 923. The Kier molecular flexibility index (Phi) is 4.80. The summed E-state index contributed by atoms with van der Waals surface area (Å²) in [5.74, 6) is 0. The highest BCUT2D eigenvalue weighted by Crippen LogP contribution is 2.30. The Morgan fingerprint density at radius 1 is 1.08 bits per heavy atom. The molecular weight excluding hydrogens is 332 g/mol. The number of nitro groups is 1. The van der Waals surface area contributed by atoms with Gasteiger partial charge in [0.25, 0.3) is 5.69 Å². The summed E-state index contributed by atoms with van der Waals surface area (Å²) in [5.41, 5.74) is 2.44. The molecule has 0 spiro atoms. The maximum Gasteiger partial charge on any atom is 0.269 e. The fourth-order valence-corrected chi connectivity index (χ4v) is 2.79. The van der Waals surface area contributed by atoms with Crippen LogP contribution in [0.3, 0.4) is 0 Å². The van der Waals surface area contributed by atoms with Crippen LogP contribution in [0.4, 0.5) is 5.69 Å². The number of non-ortho nitro benzene ring substituents is 1. The number of nitro benzene ring substituents is 1. The minimum atomic E-state index is -0.561. The molecule has 0 radical (unpaired) electrons. The molecule has 26 heavy (non-hydrogen) atoms. The first-order chi connectivity index (χ1) is 12.3. The van der Waals surface area contributed by atoms with E-state index in [0.717, 1.165) is 22.0 Å². The van der Waals surface area contributed by atoms with Crippen molar-refractivity contribution in [2.24, 2.45) is 0 Å². The molecule has 3 aromatic rings. The highest BCUT2D eigenvalue weighted by atomic mass is 17.2. The molecule has 0 N–H and O–H groups in total. The lowest BCUT2D eigenvalue weighted by Gasteiger charge is -2.25. The van der Waals surface area contributed by atoms with Gasteiger partial charge in [0.15, 0.2) is 6.23 Å². The summed E-state index contributed by atoms with van der Waals surface area (Å²) < 4.78 is 1.98. The lowest BCUT2D eigenvalue weighted by Crippen LogP contribution is -2.24. The maximum absolute atomic E-state index is 10.9. The fraction of sp³-hybridized carbons (Fsp3) is 0.300. The Labute approximate surface area is 152 Å². The first-order valence-corrected chi connectivity index (χ1v) is 8.41. The third-order valence-electron chi connectivity index (χ3n) is 3.97. The second-order valence-electron chi connectivity index (χ2n) is 7.23. The van der Waals surface area contributed by atoms with Crippen molar-refractivity contribution in [3.05, 3.63) is 76.0 Å². The number of aryl methyl sites for hydroxylation is 1. The molecule has 0 saturated carbocycles. The quantitative estimate of drug-likeness (QED) is 0.361. The summed E-state index contributed by atoms with van der Waals surface area (Å²) in [6.45, 7) is 7.74. The second kappa shape index (κ2) is 6.90. The largest absolute Gasteiger partial charge is 0.315 e. The van der Waals surface area contributed by atoms with Crippen LogP contribution in [-0.2, 0) is 9.78 Å². The van der Waals surface area contributed by atoms with Gasteiger partial charge in [0.1, 0.15) is 0 Å². The molecule has 0 aliphatic heterocycles. The zero-order valence-electron chi connectivity index (χ0n) is 15.3. The van der Waals surface area contributed by atoms with E-state index in [1.165, 1.54) is 12.1 Å². The molecule has 0 amide bonds. The van der Waals surface area contributed by atoms with Gasteiger partial charge in [-0.3, -0.25) is 10.1 Å². The zero-order valence-corrected chi connectivity index (χ0v) is 15.3. The molecule has 1 unspecified atom stereocenters. The lowest BCUT2D eigenvalue weighted by atomic mass is 10.1. The van der Waals surface area contributed by atoms with E-state index >= 15 is 0 Å². The first-order valence-electron chi connectivity index (χ1n) is 8.41. The maximum atomic E-state index is 10.9. The molecule has 0 saturated heterocycles. The SMILES string of the molecule is Cc1cn(C(OOC(C)(C)C)c2ccc([N+](=O)[O-])cc2)c2ccccc12. The lowest BCUT2D eigenvalue weighted by molar-refractivity contribution is -0.385. The number of benzene rings is 2. The molecular formula is C20H22N2O4. The van der Waals surface area contributed by atoms with Gasteiger partial charge in [-0.1, -0.05) is 18.2 Å². The minimum absolute atomic E-state index is 0.0396. The van der Waals surface area contributed by atoms with Crippen LogP contribution in [0.5, 0.6) is 0 Å². The standard InChI is InChI=1S/C20H22N2O4/c1-14-13-21(18-8-6-5-7-17(14)18)19(25-26-20(2,3)4)15-9-11-16(12-10-15)22(23)24/h5-13,19H,1-4H3. The molecule has 1 atom stereocenters. The van der Waals surface area contributed by atoms with Gasteiger partial charge in [-0.15, -0.1) is 0 Å². The number of hydrogen-bond donors (Lipinski definition) is 0. The van der Waals surface area contributed by atoms with Crippen molar-refractivity contribution in [3.63, 3.8) is 0 Å². The van der Waals surface area contributed by atoms with Crippen LogP contribution in [0, 0.1) is 17.0 Å². The van der Waals surface area contributed by atoms with Crippen LogP contribution in [-0.4, -0.2) is 15.1 Å². The van der Waals surface area contributed by atoms with Gasteiger partial charge in [-0.25, -0.2) is 9.78 Å². The molecule has 3 rings (SSSR count). The van der Waals surface area contributed by atoms with Crippen molar-refractivity contribution in [1.29, 1.82) is 0 Å². The number of rotatable bonds is 5. The van der Waals surface area contributed by atoms with Gasteiger partial charge in [-0.05, 0) is 51.5 Å². The number of fused-ring (bicyclic) bond motifs is 1. The zero-order chi connectivity index (χ0) is 18.9. The van der Waals surface area contributed by atoms with Gasteiger partial charge in [0.2, 0.25) is 0 Å². The average Bonchev–Trinajstić information content (AvgIpc) is 2.92. The first kappa shape index (κ1) is 18.1. The predicted octanol–water partition coefficient (Wildman–Crippen LogP) is 5.15. The van der Waals surface area contributed by atoms with Crippen molar-refractivity contribution in [2.45, 2.75) is 39.5 Å². The Hall–Kier alpha value is -2.70. The normalized spacial score (nSPS) is 13.1. The topological polar surface area (TPSA) is 66.5 Å². The van der Waals surface area contributed by atoms with Crippen molar-refractivity contribution in [3.8, 4) is 0 Å². The summed E-state index contributed by atoms with van der Waals surface area (Å²) in [7, 11) is 0. The molecule has 6 nitrogen and oxygen atoms in total. The van der Waals surface area contributed by atoms with Crippen LogP contribution in [0.2, 0.25) is 0 Å². The van der Waals surface area contributed by atoms with Crippen LogP contribution in [0.25, 0.3) is 10.9 Å². The molecule has 2 aromatic carbocycles. The summed E-state index contributed by atoms with van der Waals surface area (Å²) in [6.07, 6.45) is 1.44. The van der Waals surface area contributed by atoms with Gasteiger partial charge < -0.3 is 4.57 Å². The Morgan fingerprint density at radius 2 is 1.73 bits per heavy atom. The van der Waals surface area contributed by atoms with E-state index in [1.54, 1.807) is 12.1 Å². The highest BCUT2D eigenvalue weighted by molar-refractivity contribution is 5.83. The van der Waals surface area contributed by atoms with Crippen molar-refractivity contribution in [2.75, 3.05) is 0 Å². The Morgan fingerprint density at radius 3 is 2.35 bits per heavy atom. The van der Waals surface area contributed by atoms with Crippen LogP contribution in [0.1, 0.15) is 38.1 Å². The van der Waals surface area contributed by atoms with E-state index in [0.29, 0.717) is 0 Å². The molecule has 6 heteroatoms. The summed E-state index contributed by atoms with van der Waals surface area (Å²) in [5, 5.41) is 12.1. The highest BCUT2D eigenvalue weighted by Gasteiger charge is 2.23. The van der Waals surface area contributed by atoms with Crippen LogP contribution in [0.15, 0.2) is 54.7 Å².